The first kappa shape index (κ1) is 14.0. The maximum atomic E-state index is 12.2. The van der Waals surface area contributed by atoms with E-state index in [-0.39, 0.29) is 11.3 Å². The lowest BCUT2D eigenvalue weighted by atomic mass is 10.0. The third kappa shape index (κ3) is 4.04. The first-order valence-corrected chi connectivity index (χ1v) is 6.47. The van der Waals surface area contributed by atoms with E-state index in [4.69, 9.17) is 11.6 Å². The number of amides is 1. The highest BCUT2D eigenvalue weighted by Crippen LogP contribution is 2.12. The third-order valence-electron chi connectivity index (χ3n) is 2.84. The Hall–Kier alpha value is -1.02. The van der Waals surface area contributed by atoms with E-state index in [2.05, 4.69) is 6.92 Å². The normalized spacial score (nSPS) is 12.2. The number of halogens is 1. The number of hydrogen-bond donors (Lipinski definition) is 0. The Labute approximate surface area is 109 Å². The average Bonchev–Trinajstić information content (AvgIpc) is 2.34. The zero-order chi connectivity index (χ0) is 12.8. The third-order valence-corrected chi connectivity index (χ3v) is 3.06. The van der Waals surface area contributed by atoms with Gasteiger partial charge < -0.3 is 4.90 Å². The van der Waals surface area contributed by atoms with Crippen molar-refractivity contribution in [2.75, 3.05) is 13.6 Å². The summed E-state index contributed by atoms with van der Waals surface area (Å²) in [6.45, 7) is 4.70. The summed E-state index contributed by atoms with van der Waals surface area (Å²) in [5, 5.41) is 0.103. The van der Waals surface area contributed by atoms with Crippen molar-refractivity contribution in [2.24, 2.45) is 0 Å². The molecule has 0 N–H and O–H groups in total. The smallest absolute Gasteiger partial charge is 0.253 e. The van der Waals surface area contributed by atoms with Gasteiger partial charge in [-0.1, -0.05) is 25.1 Å². The monoisotopic (exact) mass is 253 g/mol. The molecule has 1 unspecified atom stereocenters. The highest BCUT2D eigenvalue weighted by atomic mass is 35.5. The lowest BCUT2D eigenvalue weighted by molar-refractivity contribution is 0.0792. The summed E-state index contributed by atoms with van der Waals surface area (Å²) in [4.78, 5) is 14.0. The van der Waals surface area contributed by atoms with Crippen LogP contribution in [0.15, 0.2) is 24.3 Å². The molecule has 0 radical (unpaired) electrons. The maximum absolute atomic E-state index is 12.2. The topological polar surface area (TPSA) is 20.3 Å². The van der Waals surface area contributed by atoms with Crippen LogP contribution in [0.2, 0.25) is 0 Å². The molecule has 0 heterocycles. The van der Waals surface area contributed by atoms with Crippen molar-refractivity contribution in [1.29, 1.82) is 0 Å². The zero-order valence-corrected chi connectivity index (χ0v) is 11.5. The molecule has 0 aliphatic carbocycles. The molecule has 1 rings (SSSR count). The van der Waals surface area contributed by atoms with Crippen molar-refractivity contribution in [2.45, 2.75) is 32.1 Å². The van der Waals surface area contributed by atoms with Crippen LogP contribution in [0.25, 0.3) is 0 Å². The van der Waals surface area contributed by atoms with Crippen LogP contribution >= 0.6 is 11.6 Å². The molecule has 0 saturated carbocycles. The summed E-state index contributed by atoms with van der Waals surface area (Å²) >= 11 is 5.89. The molecule has 0 spiro atoms. The second kappa shape index (κ2) is 6.65. The summed E-state index contributed by atoms with van der Waals surface area (Å²) < 4.78 is 0. The van der Waals surface area contributed by atoms with Gasteiger partial charge in [0.25, 0.3) is 5.91 Å². The molecule has 2 nitrogen and oxygen atoms in total. The van der Waals surface area contributed by atoms with Gasteiger partial charge in [0.2, 0.25) is 0 Å². The lowest BCUT2D eigenvalue weighted by Crippen LogP contribution is -2.29. The second-order valence-corrected chi connectivity index (χ2v) is 5.05. The number of benzene rings is 1. The number of nitrogens with zero attached hydrogens (tertiary/aromatic N) is 1. The van der Waals surface area contributed by atoms with Crippen molar-refractivity contribution >= 4 is 17.5 Å². The Kier molecular flexibility index (Phi) is 5.49. The molecule has 94 valence electrons. The standard InChI is InChI=1S/C14H20ClNO/c1-4-12-7-5-6-8-13(12)14(17)16(3)10-9-11(2)15/h5-8,11H,4,9-10H2,1-3H3. The van der Waals surface area contributed by atoms with Crippen molar-refractivity contribution in [3.8, 4) is 0 Å². The number of aryl methyl sites for hydroxylation is 1. The van der Waals surface area contributed by atoms with Gasteiger partial charge in [-0.15, -0.1) is 11.6 Å². The Morgan fingerprint density at radius 2 is 2.06 bits per heavy atom. The molecule has 0 aromatic heterocycles. The highest BCUT2D eigenvalue weighted by Gasteiger charge is 2.14. The summed E-state index contributed by atoms with van der Waals surface area (Å²) in [6.07, 6.45) is 1.69. The fourth-order valence-electron chi connectivity index (χ4n) is 1.72. The van der Waals surface area contributed by atoms with Gasteiger partial charge in [0.15, 0.2) is 0 Å². The predicted octanol–water partition coefficient (Wildman–Crippen LogP) is 3.34. The minimum atomic E-state index is 0.0831. The van der Waals surface area contributed by atoms with E-state index >= 15 is 0 Å². The van der Waals surface area contributed by atoms with Gasteiger partial charge in [-0.3, -0.25) is 4.79 Å². The van der Waals surface area contributed by atoms with Gasteiger partial charge in [0.05, 0.1) is 0 Å². The molecule has 3 heteroatoms. The molecule has 1 atom stereocenters. The van der Waals surface area contributed by atoms with E-state index in [1.165, 1.54) is 0 Å². The Bertz CT molecular complexity index is 376. The molecular formula is C14H20ClNO. The van der Waals surface area contributed by atoms with Gasteiger partial charge in [-0.2, -0.15) is 0 Å². The largest absolute Gasteiger partial charge is 0.342 e. The van der Waals surface area contributed by atoms with Crippen LogP contribution in [0.1, 0.15) is 36.2 Å². The molecule has 1 amide bonds. The number of carbonyl (C=O) groups excluding carboxylic acids is 1. The van der Waals surface area contributed by atoms with E-state index in [0.717, 1.165) is 24.0 Å². The van der Waals surface area contributed by atoms with Crippen LogP contribution in [0.3, 0.4) is 0 Å². The van der Waals surface area contributed by atoms with E-state index < -0.39 is 0 Å². The molecule has 1 aromatic carbocycles. The van der Waals surface area contributed by atoms with E-state index in [0.29, 0.717) is 6.54 Å². The van der Waals surface area contributed by atoms with Crippen LogP contribution in [-0.2, 0) is 6.42 Å². The fourth-order valence-corrected chi connectivity index (χ4v) is 1.81. The average molecular weight is 254 g/mol. The Balaban J connectivity index is 2.74. The quantitative estimate of drug-likeness (QED) is 0.737. The van der Waals surface area contributed by atoms with Gasteiger partial charge >= 0.3 is 0 Å². The van der Waals surface area contributed by atoms with Gasteiger partial charge in [0.1, 0.15) is 0 Å². The highest BCUT2D eigenvalue weighted by molar-refractivity contribution is 6.20. The zero-order valence-electron chi connectivity index (χ0n) is 10.7. The first-order chi connectivity index (χ1) is 8.06. The van der Waals surface area contributed by atoms with Crippen LogP contribution < -0.4 is 0 Å². The SMILES string of the molecule is CCc1ccccc1C(=O)N(C)CCC(C)Cl. The molecule has 0 saturated heterocycles. The Morgan fingerprint density at radius 3 is 2.65 bits per heavy atom. The minimum Gasteiger partial charge on any atom is -0.342 e. The summed E-state index contributed by atoms with van der Waals surface area (Å²) in [5.41, 5.74) is 1.91. The number of rotatable bonds is 5. The number of carbonyl (C=O) groups is 1. The van der Waals surface area contributed by atoms with Gasteiger partial charge in [0, 0.05) is 24.5 Å². The van der Waals surface area contributed by atoms with Gasteiger partial charge in [-0.25, -0.2) is 0 Å². The van der Waals surface area contributed by atoms with Gasteiger partial charge in [-0.05, 0) is 31.4 Å². The first-order valence-electron chi connectivity index (χ1n) is 6.03. The van der Waals surface area contributed by atoms with E-state index in [1.54, 1.807) is 4.90 Å². The minimum absolute atomic E-state index is 0.0831. The number of hydrogen-bond acceptors (Lipinski definition) is 1. The van der Waals surface area contributed by atoms with Crippen LogP contribution in [0, 0.1) is 0 Å². The van der Waals surface area contributed by atoms with E-state index in [9.17, 15) is 4.79 Å². The number of alkyl halides is 1. The fraction of sp³-hybridized carbons (Fsp3) is 0.500. The van der Waals surface area contributed by atoms with Crippen molar-refractivity contribution in [3.63, 3.8) is 0 Å². The second-order valence-electron chi connectivity index (χ2n) is 4.31. The molecule has 0 bridgehead atoms. The molecule has 17 heavy (non-hydrogen) atoms. The lowest BCUT2D eigenvalue weighted by Gasteiger charge is -2.19. The van der Waals surface area contributed by atoms with Crippen molar-refractivity contribution in [3.05, 3.63) is 35.4 Å². The summed E-state index contributed by atoms with van der Waals surface area (Å²) in [6, 6.07) is 7.77. The van der Waals surface area contributed by atoms with Crippen LogP contribution in [0.5, 0.6) is 0 Å². The summed E-state index contributed by atoms with van der Waals surface area (Å²) in [5.74, 6) is 0.0831. The van der Waals surface area contributed by atoms with Crippen LogP contribution in [0.4, 0.5) is 0 Å². The molecule has 0 fully saturated rings. The molecule has 0 aliphatic rings. The van der Waals surface area contributed by atoms with Crippen molar-refractivity contribution < 1.29 is 4.79 Å². The molecular weight excluding hydrogens is 234 g/mol. The maximum Gasteiger partial charge on any atom is 0.253 e. The van der Waals surface area contributed by atoms with Crippen molar-refractivity contribution in [1.82, 2.24) is 4.90 Å². The Morgan fingerprint density at radius 1 is 1.41 bits per heavy atom. The van der Waals surface area contributed by atoms with E-state index in [1.807, 2.05) is 38.2 Å². The summed E-state index contributed by atoms with van der Waals surface area (Å²) in [7, 11) is 1.83. The molecule has 1 aromatic rings. The molecule has 0 aliphatic heterocycles. The predicted molar refractivity (Wildman–Crippen MR) is 72.7 cm³/mol. The van der Waals surface area contributed by atoms with Crippen LogP contribution in [-0.4, -0.2) is 29.8 Å².